The molecule has 2 aromatic carbocycles. The van der Waals surface area contributed by atoms with Crippen LogP contribution in [0.25, 0.3) is 0 Å². The fraction of sp³-hybridized carbons (Fsp3) is 0.217. The molecule has 1 aliphatic heterocycles. The minimum atomic E-state index is -3.75. The van der Waals surface area contributed by atoms with E-state index in [1.807, 2.05) is 31.2 Å². The van der Waals surface area contributed by atoms with E-state index in [1.54, 1.807) is 6.92 Å². The van der Waals surface area contributed by atoms with E-state index >= 15 is 0 Å². The van der Waals surface area contributed by atoms with E-state index < -0.39 is 21.8 Å². The van der Waals surface area contributed by atoms with Crippen LogP contribution in [0.5, 0.6) is 0 Å². The van der Waals surface area contributed by atoms with Gasteiger partial charge in [0, 0.05) is 17.0 Å². The topological polar surface area (TPSA) is 110 Å². The van der Waals surface area contributed by atoms with Gasteiger partial charge in [0.05, 0.1) is 16.1 Å². The number of primary amides is 1. The lowest BCUT2D eigenvalue weighted by Gasteiger charge is -2.30. The van der Waals surface area contributed by atoms with Gasteiger partial charge in [-0.05, 0) is 68.1 Å². The predicted molar refractivity (Wildman–Crippen MR) is 126 cm³/mol. The van der Waals surface area contributed by atoms with Crippen LogP contribution in [0, 0.1) is 13.8 Å². The van der Waals surface area contributed by atoms with E-state index in [-0.39, 0.29) is 10.5 Å². The number of benzene rings is 2. The Kier molecular flexibility index (Phi) is 5.79. The summed E-state index contributed by atoms with van der Waals surface area (Å²) < 4.78 is 27.9. The molecule has 0 fully saturated rings. The summed E-state index contributed by atoms with van der Waals surface area (Å²) in [6, 6.07) is 13.3. The number of anilines is 2. The van der Waals surface area contributed by atoms with Gasteiger partial charge in [0.2, 0.25) is 0 Å². The maximum Gasteiger partial charge on any atom is 0.264 e. The zero-order chi connectivity index (χ0) is 23.0. The number of aryl methyl sites for hydroxylation is 2. The number of hydrogen-bond acceptors (Lipinski definition) is 5. The molecule has 1 aromatic heterocycles. The van der Waals surface area contributed by atoms with Gasteiger partial charge in [-0.25, -0.2) is 8.42 Å². The lowest BCUT2D eigenvalue weighted by atomic mass is 10.0. The summed E-state index contributed by atoms with van der Waals surface area (Å²) in [6.45, 7) is 4.04. The average molecular weight is 470 g/mol. The highest BCUT2D eigenvalue weighted by molar-refractivity contribution is 7.92. The zero-order valence-corrected chi connectivity index (χ0v) is 19.3. The molecule has 0 spiro atoms. The third-order valence-corrected chi connectivity index (χ3v) is 8.58. The van der Waals surface area contributed by atoms with Crippen LogP contribution >= 0.6 is 11.3 Å². The Bertz CT molecular complexity index is 1310. The van der Waals surface area contributed by atoms with E-state index in [0.29, 0.717) is 22.8 Å². The van der Waals surface area contributed by atoms with Crippen LogP contribution in [0.15, 0.2) is 53.4 Å². The molecule has 0 aliphatic carbocycles. The van der Waals surface area contributed by atoms with Gasteiger partial charge in [0.15, 0.2) is 0 Å². The van der Waals surface area contributed by atoms with Crippen molar-refractivity contribution in [2.45, 2.75) is 31.6 Å². The first-order chi connectivity index (χ1) is 15.2. The normalized spacial score (nSPS) is 13.5. The Labute approximate surface area is 190 Å². The number of para-hydroxylation sites is 1. The smallest absolute Gasteiger partial charge is 0.264 e. The van der Waals surface area contributed by atoms with Crippen molar-refractivity contribution in [1.29, 1.82) is 0 Å². The molecular formula is C23H23N3O4S2. The lowest BCUT2D eigenvalue weighted by Crippen LogP contribution is -2.35. The van der Waals surface area contributed by atoms with Crippen molar-refractivity contribution in [2.24, 2.45) is 5.73 Å². The van der Waals surface area contributed by atoms with Gasteiger partial charge in [0.25, 0.3) is 21.8 Å². The van der Waals surface area contributed by atoms with Gasteiger partial charge >= 0.3 is 0 Å². The van der Waals surface area contributed by atoms with Crippen LogP contribution in [0.1, 0.15) is 43.1 Å². The number of amides is 2. The van der Waals surface area contributed by atoms with E-state index in [4.69, 9.17) is 5.73 Å². The second-order valence-electron chi connectivity index (χ2n) is 7.64. The van der Waals surface area contributed by atoms with Crippen molar-refractivity contribution in [3.63, 3.8) is 0 Å². The quantitative estimate of drug-likeness (QED) is 0.591. The third-order valence-electron chi connectivity index (χ3n) is 5.63. The molecule has 3 aromatic rings. The SMILES string of the molecule is Cc1sc(NC(=O)c2ccc(S(=O)(=O)N3CCCc4ccccc43)cc2)c(C(N)=O)c1C. The number of nitrogens with zero attached hydrogens (tertiary/aromatic N) is 1. The number of sulfonamides is 1. The van der Waals surface area contributed by atoms with E-state index in [0.717, 1.165) is 28.8 Å². The van der Waals surface area contributed by atoms with Crippen LogP contribution in [0.2, 0.25) is 0 Å². The van der Waals surface area contributed by atoms with E-state index in [9.17, 15) is 18.0 Å². The largest absolute Gasteiger partial charge is 0.365 e. The number of rotatable bonds is 5. The highest BCUT2D eigenvalue weighted by Crippen LogP contribution is 2.33. The molecule has 2 amide bonds. The molecule has 9 heteroatoms. The summed E-state index contributed by atoms with van der Waals surface area (Å²) >= 11 is 1.28. The van der Waals surface area contributed by atoms with Crippen LogP contribution in [-0.4, -0.2) is 26.8 Å². The van der Waals surface area contributed by atoms with Crippen LogP contribution < -0.4 is 15.4 Å². The van der Waals surface area contributed by atoms with Gasteiger partial charge in [-0.3, -0.25) is 13.9 Å². The van der Waals surface area contributed by atoms with E-state index in [2.05, 4.69) is 5.32 Å². The maximum absolute atomic E-state index is 13.3. The Hall–Kier alpha value is -3.17. The molecule has 0 radical (unpaired) electrons. The molecule has 1 aliphatic rings. The first-order valence-corrected chi connectivity index (χ1v) is 12.4. The number of fused-ring (bicyclic) bond motifs is 1. The molecule has 4 rings (SSSR count). The molecule has 3 N–H and O–H groups in total. The van der Waals surface area contributed by atoms with Gasteiger partial charge in [-0.2, -0.15) is 0 Å². The van der Waals surface area contributed by atoms with Crippen LogP contribution in [0.3, 0.4) is 0 Å². The predicted octanol–water partition coefficient (Wildman–Crippen LogP) is 3.86. The van der Waals surface area contributed by atoms with Gasteiger partial charge in [0.1, 0.15) is 5.00 Å². The average Bonchev–Trinajstić information content (AvgIpc) is 3.06. The minimum Gasteiger partial charge on any atom is -0.365 e. The van der Waals surface area contributed by atoms with Gasteiger partial charge in [-0.15, -0.1) is 11.3 Å². The molecule has 0 saturated carbocycles. The second kappa shape index (κ2) is 8.40. The summed E-state index contributed by atoms with van der Waals surface area (Å²) in [4.78, 5) is 25.5. The number of thiophene rings is 1. The highest BCUT2D eigenvalue weighted by atomic mass is 32.2. The maximum atomic E-state index is 13.3. The fourth-order valence-corrected chi connectivity index (χ4v) is 6.44. The van der Waals surface area contributed by atoms with Crippen molar-refractivity contribution in [2.75, 3.05) is 16.2 Å². The van der Waals surface area contributed by atoms with Gasteiger partial charge < -0.3 is 11.1 Å². The Morgan fingerprint density at radius 1 is 1.06 bits per heavy atom. The molecule has 7 nitrogen and oxygen atoms in total. The molecule has 0 unspecified atom stereocenters. The van der Waals surface area contributed by atoms with Crippen molar-refractivity contribution in [3.8, 4) is 0 Å². The van der Waals surface area contributed by atoms with Crippen molar-refractivity contribution in [1.82, 2.24) is 0 Å². The highest BCUT2D eigenvalue weighted by Gasteiger charge is 2.29. The molecular weight excluding hydrogens is 446 g/mol. The van der Waals surface area contributed by atoms with Gasteiger partial charge in [-0.1, -0.05) is 18.2 Å². The third kappa shape index (κ3) is 3.89. The number of nitrogens with one attached hydrogen (secondary N) is 1. The summed E-state index contributed by atoms with van der Waals surface area (Å²) in [5.41, 5.74) is 8.47. The minimum absolute atomic E-state index is 0.117. The monoisotopic (exact) mass is 469 g/mol. The summed E-state index contributed by atoms with van der Waals surface area (Å²) in [5, 5.41) is 3.11. The molecule has 0 bridgehead atoms. The Morgan fingerprint density at radius 2 is 1.75 bits per heavy atom. The number of nitrogens with two attached hydrogens (primary N) is 1. The van der Waals surface area contributed by atoms with Crippen molar-refractivity contribution >= 4 is 43.9 Å². The Balaban J connectivity index is 1.58. The summed E-state index contributed by atoms with van der Waals surface area (Å²) in [5.74, 6) is -1.05. The standard InChI is InChI=1S/C23H23N3O4S2/c1-14-15(2)31-23(20(14)21(24)27)25-22(28)17-9-11-18(12-10-17)32(29,30)26-13-5-7-16-6-3-4-8-19(16)26/h3-4,6,8-12H,5,7,13H2,1-2H3,(H2,24,27)(H,25,28). The Morgan fingerprint density at radius 3 is 2.44 bits per heavy atom. The van der Waals surface area contributed by atoms with E-state index in [1.165, 1.54) is 39.9 Å². The molecule has 0 saturated heterocycles. The second-order valence-corrected chi connectivity index (χ2v) is 10.7. The molecule has 2 heterocycles. The van der Waals surface area contributed by atoms with Crippen molar-refractivity contribution < 1.29 is 18.0 Å². The van der Waals surface area contributed by atoms with Crippen LogP contribution in [0.4, 0.5) is 10.7 Å². The number of carbonyl (C=O) groups is 2. The molecule has 166 valence electrons. The number of carbonyl (C=O) groups excluding carboxylic acids is 2. The number of hydrogen-bond donors (Lipinski definition) is 2. The molecule has 0 atom stereocenters. The first kappa shape index (κ1) is 22.0. The fourth-order valence-electron chi connectivity index (χ4n) is 3.84. The summed E-state index contributed by atoms with van der Waals surface area (Å²) in [7, 11) is -3.75. The summed E-state index contributed by atoms with van der Waals surface area (Å²) in [6.07, 6.45) is 1.59. The van der Waals surface area contributed by atoms with Crippen molar-refractivity contribution in [3.05, 3.63) is 75.7 Å². The zero-order valence-electron chi connectivity index (χ0n) is 17.7. The first-order valence-electron chi connectivity index (χ1n) is 10.1. The molecule has 32 heavy (non-hydrogen) atoms. The lowest BCUT2D eigenvalue weighted by molar-refractivity contribution is 0.100. The van der Waals surface area contributed by atoms with Crippen LogP contribution in [-0.2, 0) is 16.4 Å².